The fourth-order valence-corrected chi connectivity index (χ4v) is 5.30. The van der Waals surface area contributed by atoms with Gasteiger partial charge < -0.3 is 5.73 Å². The molecular formula is C14H17BrN2O2S2. The van der Waals surface area contributed by atoms with Crippen LogP contribution in [0.2, 0.25) is 0 Å². The second-order valence-corrected chi connectivity index (χ2v) is 8.30. The number of nitrogens with one attached hydrogen (secondary N) is 1. The van der Waals surface area contributed by atoms with Crippen molar-refractivity contribution >= 4 is 37.3 Å². The van der Waals surface area contributed by atoms with Crippen molar-refractivity contribution in [1.29, 1.82) is 0 Å². The van der Waals surface area contributed by atoms with E-state index in [0.29, 0.717) is 9.77 Å². The van der Waals surface area contributed by atoms with E-state index in [1.54, 1.807) is 6.92 Å². The van der Waals surface area contributed by atoms with Gasteiger partial charge in [-0.2, -0.15) is 0 Å². The van der Waals surface area contributed by atoms with Gasteiger partial charge in [0.05, 0.1) is 0 Å². The molecule has 21 heavy (non-hydrogen) atoms. The van der Waals surface area contributed by atoms with E-state index in [1.165, 1.54) is 11.3 Å². The van der Waals surface area contributed by atoms with E-state index in [4.69, 9.17) is 5.73 Å². The molecule has 0 fully saturated rings. The first kappa shape index (κ1) is 16.6. The highest BCUT2D eigenvalue weighted by molar-refractivity contribution is 9.10. The Morgan fingerprint density at radius 2 is 1.95 bits per heavy atom. The van der Waals surface area contributed by atoms with Crippen molar-refractivity contribution in [2.24, 2.45) is 5.73 Å². The number of halogens is 1. The summed E-state index contributed by atoms with van der Waals surface area (Å²) in [6, 6.07) is 7.25. The zero-order valence-corrected chi connectivity index (χ0v) is 15.0. The molecule has 0 spiro atoms. The molecule has 1 atom stereocenters. The summed E-state index contributed by atoms with van der Waals surface area (Å²) in [6.45, 7) is 3.83. The molecule has 0 amide bonds. The summed E-state index contributed by atoms with van der Waals surface area (Å²) in [7, 11) is -3.58. The van der Waals surface area contributed by atoms with E-state index in [-0.39, 0.29) is 12.6 Å². The minimum absolute atomic E-state index is 0.224. The fourth-order valence-electron chi connectivity index (χ4n) is 2.10. The topological polar surface area (TPSA) is 72.2 Å². The summed E-state index contributed by atoms with van der Waals surface area (Å²) in [5, 5.41) is 1.82. The van der Waals surface area contributed by atoms with Crippen molar-refractivity contribution in [3.05, 3.63) is 50.1 Å². The van der Waals surface area contributed by atoms with Gasteiger partial charge in [-0.05, 0) is 42.5 Å². The van der Waals surface area contributed by atoms with E-state index in [9.17, 15) is 8.42 Å². The van der Waals surface area contributed by atoms with Crippen molar-refractivity contribution < 1.29 is 8.42 Å². The smallest absolute Gasteiger partial charge is 0.242 e. The molecule has 0 saturated heterocycles. The minimum atomic E-state index is -3.58. The largest absolute Gasteiger partial charge is 0.326 e. The molecule has 1 heterocycles. The molecule has 0 bridgehead atoms. The maximum atomic E-state index is 12.6. The van der Waals surface area contributed by atoms with E-state index < -0.39 is 10.0 Å². The molecule has 0 aliphatic carbocycles. The second-order valence-electron chi connectivity index (χ2n) is 4.77. The Labute approximate surface area is 137 Å². The molecular weight excluding hydrogens is 372 g/mol. The molecule has 1 unspecified atom stereocenters. The van der Waals surface area contributed by atoms with Gasteiger partial charge in [-0.25, -0.2) is 13.1 Å². The summed E-state index contributed by atoms with van der Waals surface area (Å²) in [6.07, 6.45) is 0. The van der Waals surface area contributed by atoms with Crippen molar-refractivity contribution in [3.8, 4) is 0 Å². The molecule has 1 aromatic carbocycles. The van der Waals surface area contributed by atoms with Crippen molar-refractivity contribution in [1.82, 2.24) is 4.72 Å². The SMILES string of the molecule is Cc1csc(CN)c1S(=O)(=O)NC(C)c1ccc(Br)cc1. The lowest BCUT2D eigenvalue weighted by molar-refractivity contribution is 0.566. The van der Waals surface area contributed by atoms with Gasteiger partial charge in [0.15, 0.2) is 0 Å². The number of benzene rings is 1. The zero-order chi connectivity index (χ0) is 15.6. The van der Waals surface area contributed by atoms with Crippen LogP contribution in [-0.2, 0) is 16.6 Å². The highest BCUT2D eigenvalue weighted by Gasteiger charge is 2.24. The molecule has 0 saturated carbocycles. The summed E-state index contributed by atoms with van der Waals surface area (Å²) in [5.41, 5.74) is 7.27. The lowest BCUT2D eigenvalue weighted by atomic mass is 10.1. The van der Waals surface area contributed by atoms with E-state index in [2.05, 4.69) is 20.7 Å². The molecule has 1 aromatic heterocycles. The Bertz CT molecular complexity index is 724. The molecule has 0 radical (unpaired) electrons. The molecule has 4 nitrogen and oxygen atoms in total. The Hall–Kier alpha value is -0.730. The van der Waals surface area contributed by atoms with Gasteiger partial charge in [0.2, 0.25) is 10.0 Å². The van der Waals surface area contributed by atoms with Gasteiger partial charge in [0.25, 0.3) is 0 Å². The Morgan fingerprint density at radius 1 is 1.33 bits per heavy atom. The number of hydrogen-bond donors (Lipinski definition) is 2. The van der Waals surface area contributed by atoms with E-state index >= 15 is 0 Å². The summed E-state index contributed by atoms with van der Waals surface area (Å²) in [4.78, 5) is 1.00. The van der Waals surface area contributed by atoms with Crippen molar-refractivity contribution in [2.75, 3.05) is 0 Å². The lowest BCUT2D eigenvalue weighted by Gasteiger charge is -2.15. The number of hydrogen-bond acceptors (Lipinski definition) is 4. The third kappa shape index (κ3) is 3.73. The van der Waals surface area contributed by atoms with Crippen LogP contribution in [0.1, 0.15) is 29.0 Å². The number of thiophene rings is 1. The van der Waals surface area contributed by atoms with Crippen LogP contribution in [0, 0.1) is 6.92 Å². The van der Waals surface area contributed by atoms with Crippen LogP contribution < -0.4 is 10.5 Å². The lowest BCUT2D eigenvalue weighted by Crippen LogP contribution is -2.28. The van der Waals surface area contributed by atoms with E-state index in [1.807, 2.05) is 36.6 Å². The number of rotatable bonds is 5. The molecule has 0 aliphatic heterocycles. The zero-order valence-electron chi connectivity index (χ0n) is 11.8. The van der Waals surface area contributed by atoms with Gasteiger partial charge >= 0.3 is 0 Å². The number of aryl methyl sites for hydroxylation is 1. The average molecular weight is 389 g/mol. The van der Waals surface area contributed by atoms with Crippen LogP contribution in [0.3, 0.4) is 0 Å². The van der Waals surface area contributed by atoms with E-state index in [0.717, 1.165) is 15.6 Å². The van der Waals surface area contributed by atoms with Gasteiger partial charge in [-0.15, -0.1) is 11.3 Å². The van der Waals surface area contributed by atoms with Crippen molar-refractivity contribution in [2.45, 2.75) is 31.3 Å². The predicted octanol–water partition coefficient (Wildman–Crippen LogP) is 3.32. The first-order valence-electron chi connectivity index (χ1n) is 6.40. The standard InChI is InChI=1S/C14H17BrN2O2S2/c1-9-8-20-13(7-16)14(9)21(18,19)17-10(2)11-3-5-12(15)6-4-11/h3-6,8,10,17H,7,16H2,1-2H3. The first-order chi connectivity index (χ1) is 9.85. The van der Waals surface area contributed by atoms with Crippen LogP contribution in [0.5, 0.6) is 0 Å². The van der Waals surface area contributed by atoms with Crippen LogP contribution in [0.25, 0.3) is 0 Å². The Balaban J connectivity index is 2.28. The molecule has 2 rings (SSSR count). The Morgan fingerprint density at radius 3 is 2.52 bits per heavy atom. The van der Waals surface area contributed by atoms with Crippen LogP contribution in [0.4, 0.5) is 0 Å². The summed E-state index contributed by atoms with van der Waals surface area (Å²) < 4.78 is 28.8. The fraction of sp³-hybridized carbons (Fsp3) is 0.286. The summed E-state index contributed by atoms with van der Waals surface area (Å²) in [5.74, 6) is 0. The third-order valence-corrected chi connectivity index (χ3v) is 6.70. The van der Waals surface area contributed by atoms with Gasteiger partial charge in [-0.1, -0.05) is 28.1 Å². The second kappa shape index (κ2) is 6.58. The average Bonchev–Trinajstić information content (AvgIpc) is 2.80. The highest BCUT2D eigenvalue weighted by atomic mass is 79.9. The quantitative estimate of drug-likeness (QED) is 0.824. The van der Waals surface area contributed by atoms with Gasteiger partial charge in [-0.3, -0.25) is 0 Å². The monoisotopic (exact) mass is 388 g/mol. The third-order valence-electron chi connectivity index (χ3n) is 3.15. The van der Waals surface area contributed by atoms with Crippen LogP contribution >= 0.6 is 27.3 Å². The predicted molar refractivity (Wildman–Crippen MR) is 89.8 cm³/mol. The first-order valence-corrected chi connectivity index (χ1v) is 9.55. The van der Waals surface area contributed by atoms with Gasteiger partial charge in [0, 0.05) is 21.9 Å². The minimum Gasteiger partial charge on any atom is -0.326 e. The molecule has 7 heteroatoms. The molecule has 114 valence electrons. The maximum absolute atomic E-state index is 12.6. The highest BCUT2D eigenvalue weighted by Crippen LogP contribution is 2.28. The van der Waals surface area contributed by atoms with Gasteiger partial charge in [0.1, 0.15) is 4.90 Å². The Kier molecular flexibility index (Phi) is 5.21. The van der Waals surface area contributed by atoms with Crippen molar-refractivity contribution in [3.63, 3.8) is 0 Å². The molecule has 0 aliphatic rings. The number of sulfonamides is 1. The number of nitrogens with two attached hydrogens (primary N) is 1. The normalized spacial score (nSPS) is 13.3. The maximum Gasteiger partial charge on any atom is 0.242 e. The van der Waals surface area contributed by atoms with Crippen LogP contribution in [0.15, 0.2) is 39.0 Å². The molecule has 3 N–H and O–H groups in total. The van der Waals surface area contributed by atoms with Crippen LogP contribution in [-0.4, -0.2) is 8.42 Å². The molecule has 2 aromatic rings. The summed E-state index contributed by atoms with van der Waals surface area (Å²) >= 11 is 4.74.